The zero-order valence-corrected chi connectivity index (χ0v) is 35.7. The first-order chi connectivity index (χ1) is 26.7. The van der Waals surface area contributed by atoms with E-state index in [1.54, 1.807) is 39.0 Å². The number of fused-ring (bicyclic) bond motifs is 1. The highest BCUT2D eigenvalue weighted by molar-refractivity contribution is 7.80. The molecule has 5 rings (SSSR count). The number of benzene rings is 3. The summed E-state index contributed by atoms with van der Waals surface area (Å²) < 4.78 is 46.0. The number of hydrogen-bond donors (Lipinski definition) is 1. The third-order valence-corrected chi connectivity index (χ3v) is 16.2. The number of nitrogens with zero attached hydrogens (tertiary/aromatic N) is 4. The van der Waals surface area contributed by atoms with Gasteiger partial charge in [0.1, 0.15) is 24.5 Å². The van der Waals surface area contributed by atoms with Crippen molar-refractivity contribution >= 4 is 59.8 Å². The van der Waals surface area contributed by atoms with Gasteiger partial charge in [0.15, 0.2) is 8.32 Å². The van der Waals surface area contributed by atoms with E-state index in [0.717, 1.165) is 68.6 Å². The molecular weight excluding hydrogens is 772 g/mol. The van der Waals surface area contributed by atoms with E-state index in [4.69, 9.17) is 25.5 Å². The molecule has 0 aliphatic heterocycles. The monoisotopic (exact) mass is 825 g/mol. The van der Waals surface area contributed by atoms with Crippen LogP contribution in [0.3, 0.4) is 0 Å². The molecule has 0 radical (unpaired) electrons. The second-order valence-electron chi connectivity index (χ2n) is 15.4. The molecule has 1 heterocycles. The van der Waals surface area contributed by atoms with Crippen molar-refractivity contribution in [3.8, 4) is 5.75 Å². The summed E-state index contributed by atoms with van der Waals surface area (Å²) >= 11 is 3.81. The van der Waals surface area contributed by atoms with Crippen LogP contribution < -0.4 is 9.04 Å². The number of carboxylic acid groups (broad SMARTS) is 1. The summed E-state index contributed by atoms with van der Waals surface area (Å²) in [5.74, 6) is 0.110. The number of rotatable bonds is 19. The molecule has 0 bridgehead atoms. The van der Waals surface area contributed by atoms with Crippen molar-refractivity contribution < 1.29 is 37.4 Å². The number of hydrogen-bond acceptors (Lipinski definition) is 9. The molecule has 304 valence electrons. The lowest BCUT2D eigenvalue weighted by molar-refractivity contribution is -0.152. The number of carbonyl (C=O) groups is 2. The van der Waals surface area contributed by atoms with E-state index in [1.807, 2.05) is 36.4 Å². The van der Waals surface area contributed by atoms with E-state index in [2.05, 4.69) is 42.9 Å². The van der Waals surface area contributed by atoms with Crippen molar-refractivity contribution in [2.75, 3.05) is 30.5 Å². The maximum absolute atomic E-state index is 12.8. The number of halogens is 1. The van der Waals surface area contributed by atoms with Gasteiger partial charge in [0.05, 0.1) is 28.0 Å². The molecule has 15 heteroatoms. The Balaban J connectivity index is 1.45. The Bertz CT molecular complexity index is 1980. The summed E-state index contributed by atoms with van der Waals surface area (Å²) in [7, 11) is -2.24. The SMILES string of the molecule is CC[Si](CC)(CC)OC(CN(CCOc1ccc2c(C3CCC3)nn(C(=O)O)c2c1)Cc1ccccc1)c1ccc(Cl)c(N(CC(=O)OC(C)(C)C)S(=O)[O-])c1. The maximum atomic E-state index is 12.8. The molecule has 2 atom stereocenters. The van der Waals surface area contributed by atoms with Crippen LogP contribution >= 0.6 is 11.6 Å². The normalized spacial score (nSPS) is 14.7. The topological polar surface area (TPSA) is 146 Å². The molecule has 0 amide bonds. The van der Waals surface area contributed by atoms with E-state index in [1.165, 1.54) is 0 Å². The van der Waals surface area contributed by atoms with Crippen molar-refractivity contribution in [3.63, 3.8) is 0 Å². The predicted octanol–water partition coefficient (Wildman–Crippen LogP) is 9.07. The summed E-state index contributed by atoms with van der Waals surface area (Å²) in [5, 5.41) is 15.4. The molecule has 1 aromatic heterocycles. The smallest absolute Gasteiger partial charge is 0.432 e. The van der Waals surface area contributed by atoms with Crippen LogP contribution in [0.15, 0.2) is 66.7 Å². The van der Waals surface area contributed by atoms with E-state index in [9.17, 15) is 23.5 Å². The Kier molecular flexibility index (Phi) is 14.8. The molecule has 1 saturated carbocycles. The molecule has 1 aliphatic carbocycles. The van der Waals surface area contributed by atoms with Crippen LogP contribution in [-0.4, -0.2) is 80.8 Å². The van der Waals surface area contributed by atoms with Gasteiger partial charge in [-0.05, 0) is 87.1 Å². The minimum Gasteiger partial charge on any atom is -0.755 e. The zero-order chi connectivity index (χ0) is 40.6. The van der Waals surface area contributed by atoms with Crippen LogP contribution in [0.25, 0.3) is 10.9 Å². The summed E-state index contributed by atoms with van der Waals surface area (Å²) in [6.07, 6.45) is 1.51. The van der Waals surface area contributed by atoms with Crippen molar-refractivity contribution in [1.82, 2.24) is 14.7 Å². The van der Waals surface area contributed by atoms with Crippen molar-refractivity contribution in [2.45, 2.75) is 103 Å². The number of carbonyl (C=O) groups excluding carboxylic acids is 1. The van der Waals surface area contributed by atoms with Gasteiger partial charge < -0.3 is 23.6 Å². The molecule has 0 saturated heterocycles. The molecule has 3 aromatic carbocycles. The lowest BCUT2D eigenvalue weighted by Gasteiger charge is -2.37. The first kappa shape index (κ1) is 43.3. The van der Waals surface area contributed by atoms with Crippen LogP contribution in [0.5, 0.6) is 5.75 Å². The highest BCUT2D eigenvalue weighted by Gasteiger charge is 2.34. The molecule has 56 heavy (non-hydrogen) atoms. The van der Waals surface area contributed by atoms with Gasteiger partial charge in [0.2, 0.25) is 0 Å². The van der Waals surface area contributed by atoms with Gasteiger partial charge in [-0.25, -0.2) is 4.79 Å². The minimum atomic E-state index is -2.83. The zero-order valence-electron chi connectivity index (χ0n) is 33.2. The van der Waals surface area contributed by atoms with E-state index < -0.39 is 49.9 Å². The van der Waals surface area contributed by atoms with Crippen LogP contribution in [0, 0.1) is 0 Å². The third-order valence-electron chi connectivity index (χ3n) is 10.5. The second-order valence-corrected chi connectivity index (χ2v) is 21.4. The van der Waals surface area contributed by atoms with Gasteiger partial charge in [0, 0.05) is 48.3 Å². The van der Waals surface area contributed by atoms with Crippen LogP contribution in [0.2, 0.25) is 23.2 Å². The number of ether oxygens (including phenoxy) is 2. The summed E-state index contributed by atoms with van der Waals surface area (Å²) in [4.78, 5) is 27.2. The van der Waals surface area contributed by atoms with Crippen LogP contribution in [-0.2, 0) is 31.8 Å². The maximum Gasteiger partial charge on any atom is 0.432 e. The highest BCUT2D eigenvalue weighted by Crippen LogP contribution is 2.40. The van der Waals surface area contributed by atoms with Gasteiger partial charge in [0.25, 0.3) is 0 Å². The Hall–Kier alpha value is -3.79. The standard InChI is InChI=1S/C41H55ClN4O8SSi/c1-7-56(8-2,9-3)54-37(31-18-21-34(42)36(24-31)45(55(50)51)28-38(47)53-41(4,5)6)27-44(26-29-14-11-10-12-15-29)22-23-52-32-19-20-33-35(25-32)46(40(48)49)43-39(33)30-16-13-17-30/h10-12,14-15,18-21,24-25,30,37H,7-9,13,16-17,22-23,26-28H2,1-6H3,(H,48,49)(H,50,51)/p-1. The molecule has 12 nitrogen and oxygen atoms in total. The van der Waals surface area contributed by atoms with Gasteiger partial charge in [-0.2, -0.15) is 9.78 Å². The molecule has 2 unspecified atom stereocenters. The fourth-order valence-corrected chi connectivity index (χ4v) is 10.7. The third kappa shape index (κ3) is 11.0. The summed E-state index contributed by atoms with van der Waals surface area (Å²) in [5.41, 5.74) is 2.50. The average molecular weight is 827 g/mol. The Labute approximate surface area is 338 Å². The molecule has 4 aromatic rings. The van der Waals surface area contributed by atoms with Gasteiger partial charge in [-0.15, -0.1) is 0 Å². The fourth-order valence-electron chi connectivity index (χ4n) is 7.08. The number of anilines is 1. The Morgan fingerprint density at radius 3 is 2.34 bits per heavy atom. The molecule has 1 fully saturated rings. The number of aromatic nitrogens is 2. The molecule has 1 aliphatic rings. The van der Waals surface area contributed by atoms with E-state index >= 15 is 0 Å². The quantitative estimate of drug-likeness (QED) is 0.0552. The first-order valence-electron chi connectivity index (χ1n) is 19.4. The van der Waals surface area contributed by atoms with Crippen LogP contribution in [0.1, 0.15) is 89.6 Å². The van der Waals surface area contributed by atoms with Gasteiger partial charge >= 0.3 is 12.1 Å². The molecule has 1 N–H and O–H groups in total. The van der Waals surface area contributed by atoms with Crippen molar-refractivity contribution in [1.29, 1.82) is 0 Å². The van der Waals surface area contributed by atoms with E-state index in [-0.39, 0.29) is 16.6 Å². The van der Waals surface area contributed by atoms with Crippen molar-refractivity contribution in [2.24, 2.45) is 0 Å². The van der Waals surface area contributed by atoms with Crippen LogP contribution in [0.4, 0.5) is 10.5 Å². The van der Waals surface area contributed by atoms with E-state index in [0.29, 0.717) is 37.5 Å². The van der Waals surface area contributed by atoms with Gasteiger partial charge in [-0.1, -0.05) is 75.2 Å². The van der Waals surface area contributed by atoms with Gasteiger partial charge in [-0.3, -0.25) is 18.2 Å². The molecule has 0 spiro atoms. The largest absolute Gasteiger partial charge is 0.755 e. The predicted molar refractivity (Wildman–Crippen MR) is 222 cm³/mol. The highest BCUT2D eigenvalue weighted by atomic mass is 35.5. The fraction of sp³-hybridized carbons (Fsp3) is 0.488. The number of esters is 1. The summed E-state index contributed by atoms with van der Waals surface area (Å²) in [6.45, 7) is 12.9. The average Bonchev–Trinajstić information content (AvgIpc) is 3.50. The molecular formula is C41H54ClN4O8SSi-. The second kappa shape index (κ2) is 19.1. The lowest BCUT2D eigenvalue weighted by Crippen LogP contribution is -2.41. The Morgan fingerprint density at radius 1 is 1.05 bits per heavy atom. The van der Waals surface area contributed by atoms with Crippen molar-refractivity contribution in [3.05, 3.63) is 88.6 Å². The first-order valence-corrected chi connectivity index (χ1v) is 23.3. The minimum absolute atomic E-state index is 0.156. The lowest BCUT2D eigenvalue weighted by atomic mass is 9.82. The Morgan fingerprint density at radius 2 is 1.75 bits per heavy atom. The summed E-state index contributed by atoms with van der Waals surface area (Å²) in [6, 6.07) is 23.5.